The number of hydrogen-bond acceptors (Lipinski definition) is 4. The number of carbonyl (C=O) groups is 1. The van der Waals surface area contributed by atoms with Gasteiger partial charge in [-0.1, -0.05) is 6.92 Å². The van der Waals surface area contributed by atoms with E-state index in [1.807, 2.05) is 0 Å². The molecule has 2 fully saturated rings. The van der Waals surface area contributed by atoms with Crippen LogP contribution in [0.5, 0.6) is 0 Å². The van der Waals surface area contributed by atoms with E-state index in [9.17, 15) is 4.79 Å². The zero-order valence-corrected chi connectivity index (χ0v) is 11.6. The maximum absolute atomic E-state index is 11.8. The van der Waals surface area contributed by atoms with Gasteiger partial charge in [-0.2, -0.15) is 0 Å². The molecule has 5 nitrogen and oxygen atoms in total. The minimum atomic E-state index is 0.170. The minimum absolute atomic E-state index is 0.170. The number of piperazine rings is 1. The quantitative estimate of drug-likeness (QED) is 0.694. The van der Waals surface area contributed by atoms with Crippen LogP contribution in [-0.2, 0) is 4.79 Å². The molecule has 2 aliphatic rings. The Bertz CT molecular complexity index is 272. The van der Waals surface area contributed by atoms with E-state index < -0.39 is 0 Å². The molecule has 2 rings (SSSR count). The summed E-state index contributed by atoms with van der Waals surface area (Å²) in [6.45, 7) is 11.2. The summed E-state index contributed by atoms with van der Waals surface area (Å²) in [6.07, 6.45) is 0.994. The van der Waals surface area contributed by atoms with Crippen LogP contribution in [0.2, 0.25) is 0 Å². The normalized spacial score (nSPS) is 24.6. The van der Waals surface area contributed by atoms with Gasteiger partial charge in [0.15, 0.2) is 0 Å². The van der Waals surface area contributed by atoms with Gasteiger partial charge >= 0.3 is 0 Å². The highest BCUT2D eigenvalue weighted by Crippen LogP contribution is 2.09. The summed E-state index contributed by atoms with van der Waals surface area (Å²) in [7, 11) is 0. The van der Waals surface area contributed by atoms with Crippen molar-refractivity contribution in [1.29, 1.82) is 0 Å². The number of nitrogens with zero attached hydrogens (tertiary/aromatic N) is 2. The first-order valence-electron chi connectivity index (χ1n) is 7.15. The standard InChI is InChI=1S/C13H26N4O/c1-3-11(2)15-13(18)10-16-4-6-17(7-5-16)12-8-14-9-12/h11-12,14H,3-10H2,1-2H3,(H,15,18). The van der Waals surface area contributed by atoms with E-state index in [4.69, 9.17) is 0 Å². The molecule has 2 heterocycles. The van der Waals surface area contributed by atoms with E-state index in [-0.39, 0.29) is 5.91 Å². The Morgan fingerprint density at radius 3 is 2.50 bits per heavy atom. The molecule has 1 unspecified atom stereocenters. The highest BCUT2D eigenvalue weighted by atomic mass is 16.2. The molecule has 0 aromatic rings. The number of amides is 1. The van der Waals surface area contributed by atoms with Crippen molar-refractivity contribution >= 4 is 5.91 Å². The lowest BCUT2D eigenvalue weighted by Gasteiger charge is -2.43. The van der Waals surface area contributed by atoms with Crippen molar-refractivity contribution in [3.8, 4) is 0 Å². The van der Waals surface area contributed by atoms with Gasteiger partial charge in [0, 0.05) is 51.4 Å². The summed E-state index contributed by atoms with van der Waals surface area (Å²) < 4.78 is 0. The Hall–Kier alpha value is -0.650. The minimum Gasteiger partial charge on any atom is -0.353 e. The lowest BCUT2D eigenvalue weighted by atomic mass is 10.1. The van der Waals surface area contributed by atoms with E-state index in [2.05, 4.69) is 34.3 Å². The Balaban J connectivity index is 1.65. The third-order valence-electron chi connectivity index (χ3n) is 4.07. The summed E-state index contributed by atoms with van der Waals surface area (Å²) in [4.78, 5) is 16.6. The molecule has 0 aromatic carbocycles. The molecule has 18 heavy (non-hydrogen) atoms. The Labute approximate surface area is 110 Å². The first-order valence-corrected chi connectivity index (χ1v) is 7.15. The van der Waals surface area contributed by atoms with Crippen molar-refractivity contribution < 1.29 is 4.79 Å². The first-order chi connectivity index (χ1) is 8.69. The highest BCUT2D eigenvalue weighted by molar-refractivity contribution is 5.78. The Morgan fingerprint density at radius 2 is 2.00 bits per heavy atom. The van der Waals surface area contributed by atoms with Gasteiger partial charge in [-0.25, -0.2) is 0 Å². The molecular weight excluding hydrogens is 228 g/mol. The highest BCUT2D eigenvalue weighted by Gasteiger charge is 2.28. The van der Waals surface area contributed by atoms with Gasteiger partial charge < -0.3 is 10.6 Å². The predicted octanol–water partition coefficient (Wildman–Crippen LogP) is -0.509. The van der Waals surface area contributed by atoms with Gasteiger partial charge in [-0.05, 0) is 13.3 Å². The van der Waals surface area contributed by atoms with Crippen molar-refractivity contribution in [1.82, 2.24) is 20.4 Å². The Morgan fingerprint density at radius 1 is 1.33 bits per heavy atom. The fourth-order valence-corrected chi connectivity index (χ4v) is 2.44. The number of nitrogens with one attached hydrogen (secondary N) is 2. The van der Waals surface area contributed by atoms with E-state index in [0.29, 0.717) is 12.6 Å². The van der Waals surface area contributed by atoms with Crippen LogP contribution in [0, 0.1) is 0 Å². The van der Waals surface area contributed by atoms with Crippen molar-refractivity contribution in [2.45, 2.75) is 32.4 Å². The molecule has 0 radical (unpaired) electrons. The lowest BCUT2D eigenvalue weighted by Crippen LogP contribution is -2.62. The van der Waals surface area contributed by atoms with Crippen LogP contribution >= 0.6 is 0 Å². The average Bonchev–Trinajstić information content (AvgIpc) is 2.29. The van der Waals surface area contributed by atoms with Gasteiger partial charge in [0.2, 0.25) is 5.91 Å². The molecule has 0 spiro atoms. The Kier molecular flexibility index (Phi) is 4.97. The maximum atomic E-state index is 11.8. The number of carbonyl (C=O) groups excluding carboxylic acids is 1. The van der Waals surface area contributed by atoms with Crippen LogP contribution in [0.25, 0.3) is 0 Å². The monoisotopic (exact) mass is 254 g/mol. The van der Waals surface area contributed by atoms with Crippen LogP contribution < -0.4 is 10.6 Å². The largest absolute Gasteiger partial charge is 0.353 e. The molecule has 104 valence electrons. The number of rotatable bonds is 5. The average molecular weight is 254 g/mol. The molecule has 0 aliphatic carbocycles. The van der Waals surface area contributed by atoms with Crippen LogP contribution in [-0.4, -0.2) is 73.6 Å². The fourth-order valence-electron chi connectivity index (χ4n) is 2.44. The number of hydrogen-bond donors (Lipinski definition) is 2. The van der Waals surface area contributed by atoms with Crippen molar-refractivity contribution in [2.75, 3.05) is 45.8 Å². The van der Waals surface area contributed by atoms with Gasteiger partial charge in [-0.15, -0.1) is 0 Å². The van der Waals surface area contributed by atoms with E-state index >= 15 is 0 Å². The molecule has 0 saturated carbocycles. The topological polar surface area (TPSA) is 47.6 Å². The summed E-state index contributed by atoms with van der Waals surface area (Å²) in [5.74, 6) is 0.170. The third kappa shape index (κ3) is 3.67. The molecule has 1 atom stereocenters. The van der Waals surface area contributed by atoms with Gasteiger partial charge in [0.05, 0.1) is 6.54 Å². The molecule has 1 amide bonds. The van der Waals surface area contributed by atoms with Crippen LogP contribution in [0.3, 0.4) is 0 Å². The van der Waals surface area contributed by atoms with E-state index in [0.717, 1.165) is 51.7 Å². The summed E-state index contributed by atoms with van der Waals surface area (Å²) in [6, 6.07) is 1.03. The SMILES string of the molecule is CCC(C)NC(=O)CN1CCN(C2CNC2)CC1. The van der Waals surface area contributed by atoms with Crippen molar-refractivity contribution in [3.63, 3.8) is 0 Å². The van der Waals surface area contributed by atoms with Crippen LogP contribution in [0.15, 0.2) is 0 Å². The van der Waals surface area contributed by atoms with Gasteiger partial charge in [0.25, 0.3) is 0 Å². The molecule has 2 saturated heterocycles. The zero-order valence-electron chi connectivity index (χ0n) is 11.6. The fraction of sp³-hybridized carbons (Fsp3) is 0.923. The van der Waals surface area contributed by atoms with Crippen LogP contribution in [0.1, 0.15) is 20.3 Å². The lowest BCUT2D eigenvalue weighted by molar-refractivity contribution is -0.123. The van der Waals surface area contributed by atoms with Crippen LogP contribution in [0.4, 0.5) is 0 Å². The van der Waals surface area contributed by atoms with E-state index in [1.165, 1.54) is 0 Å². The maximum Gasteiger partial charge on any atom is 0.234 e. The summed E-state index contributed by atoms with van der Waals surface area (Å²) in [5.41, 5.74) is 0. The second kappa shape index (κ2) is 6.50. The molecule has 0 bridgehead atoms. The molecule has 2 aliphatic heterocycles. The van der Waals surface area contributed by atoms with Crippen molar-refractivity contribution in [3.05, 3.63) is 0 Å². The summed E-state index contributed by atoms with van der Waals surface area (Å²) >= 11 is 0. The molecular formula is C13H26N4O. The second-order valence-corrected chi connectivity index (χ2v) is 5.50. The summed E-state index contributed by atoms with van der Waals surface area (Å²) in [5, 5.41) is 6.34. The molecule has 5 heteroatoms. The second-order valence-electron chi connectivity index (χ2n) is 5.50. The third-order valence-corrected chi connectivity index (χ3v) is 4.07. The van der Waals surface area contributed by atoms with Gasteiger partial charge in [-0.3, -0.25) is 14.6 Å². The molecule has 2 N–H and O–H groups in total. The first kappa shape index (κ1) is 13.8. The predicted molar refractivity (Wildman–Crippen MR) is 72.6 cm³/mol. The van der Waals surface area contributed by atoms with E-state index in [1.54, 1.807) is 0 Å². The smallest absolute Gasteiger partial charge is 0.234 e. The van der Waals surface area contributed by atoms with Crippen molar-refractivity contribution in [2.24, 2.45) is 0 Å². The van der Waals surface area contributed by atoms with Gasteiger partial charge in [0.1, 0.15) is 0 Å². The molecule has 0 aromatic heterocycles. The zero-order chi connectivity index (χ0) is 13.0.